The van der Waals surface area contributed by atoms with Gasteiger partial charge in [0.25, 0.3) is 0 Å². The monoisotopic (exact) mass is 634 g/mol. The molecule has 0 fully saturated rings. The lowest BCUT2D eigenvalue weighted by molar-refractivity contribution is 0.592. The van der Waals surface area contributed by atoms with E-state index in [0.29, 0.717) is 0 Å². The zero-order chi connectivity index (χ0) is 32.1. The highest BCUT2D eigenvalue weighted by atomic mass is 31.2. The first-order valence-electron chi connectivity index (χ1n) is 16.2. The van der Waals surface area contributed by atoms with Crippen LogP contribution in [0.1, 0.15) is 0 Å². The van der Waals surface area contributed by atoms with Crippen LogP contribution in [-0.2, 0) is 4.57 Å². The van der Waals surface area contributed by atoms with Gasteiger partial charge < -0.3 is 4.57 Å². The third-order valence-electron chi connectivity index (χ3n) is 9.42. The van der Waals surface area contributed by atoms with Crippen LogP contribution in [-0.4, -0.2) is 8.97 Å². The van der Waals surface area contributed by atoms with E-state index in [4.69, 9.17) is 0 Å². The van der Waals surface area contributed by atoms with Crippen LogP contribution in [0.15, 0.2) is 188 Å². The standard InChI is InChI=1S/C44H31N2OP/c47-48(36-16-6-2-7-17-36,37-18-8-3-9-19-37)38-30-26-33(27-31-38)32-24-28-35(29-25-32)45-41-22-12-13-23-42(41)46-40-21-11-10-20-39(40)43(44(45)46)34-14-4-1-5-15-34/h1-31H. The van der Waals surface area contributed by atoms with Crippen molar-refractivity contribution in [1.82, 2.24) is 8.97 Å². The lowest BCUT2D eigenvalue weighted by Crippen LogP contribution is -2.24. The molecule has 0 aliphatic heterocycles. The minimum Gasteiger partial charge on any atom is -0.309 e. The lowest BCUT2D eigenvalue weighted by Gasteiger charge is -2.20. The Bertz CT molecular complexity index is 2560. The van der Waals surface area contributed by atoms with Gasteiger partial charge in [-0.3, -0.25) is 8.97 Å². The van der Waals surface area contributed by atoms with Crippen molar-refractivity contribution >= 4 is 50.6 Å². The molecule has 0 amide bonds. The molecule has 0 radical (unpaired) electrons. The molecule has 0 unspecified atom stereocenters. The second kappa shape index (κ2) is 11.4. The number of aromatic nitrogens is 2. The molecule has 0 aliphatic rings. The van der Waals surface area contributed by atoms with Crippen molar-refractivity contribution in [2.45, 2.75) is 0 Å². The molecule has 0 bridgehead atoms. The first-order chi connectivity index (χ1) is 23.7. The molecule has 9 rings (SSSR count). The van der Waals surface area contributed by atoms with E-state index in [-0.39, 0.29) is 0 Å². The van der Waals surface area contributed by atoms with Gasteiger partial charge in [0, 0.05) is 32.6 Å². The largest absolute Gasteiger partial charge is 0.309 e. The van der Waals surface area contributed by atoms with Crippen LogP contribution in [0.5, 0.6) is 0 Å². The molecule has 2 aromatic heterocycles. The van der Waals surface area contributed by atoms with Crippen LogP contribution in [0.3, 0.4) is 0 Å². The van der Waals surface area contributed by atoms with Gasteiger partial charge in [0.2, 0.25) is 0 Å². The molecule has 48 heavy (non-hydrogen) atoms. The highest BCUT2D eigenvalue weighted by Gasteiger charge is 2.29. The van der Waals surface area contributed by atoms with Crippen LogP contribution in [0.25, 0.3) is 55.5 Å². The Morgan fingerprint density at radius 3 is 1.44 bits per heavy atom. The van der Waals surface area contributed by atoms with E-state index in [1.807, 2.05) is 72.8 Å². The van der Waals surface area contributed by atoms with E-state index in [1.165, 1.54) is 27.5 Å². The molecule has 0 spiro atoms. The fourth-order valence-electron chi connectivity index (χ4n) is 7.18. The minimum absolute atomic E-state index is 0.829. The summed E-state index contributed by atoms with van der Waals surface area (Å²) in [5.41, 5.74) is 10.4. The van der Waals surface area contributed by atoms with Crippen molar-refractivity contribution in [2.24, 2.45) is 0 Å². The zero-order valence-corrected chi connectivity index (χ0v) is 27.0. The van der Waals surface area contributed by atoms with Gasteiger partial charge in [0.15, 0.2) is 7.14 Å². The van der Waals surface area contributed by atoms with Gasteiger partial charge in [-0.25, -0.2) is 0 Å². The van der Waals surface area contributed by atoms with Crippen molar-refractivity contribution in [1.29, 1.82) is 0 Å². The molecule has 0 saturated heterocycles. The van der Waals surface area contributed by atoms with Gasteiger partial charge in [-0.15, -0.1) is 0 Å². The van der Waals surface area contributed by atoms with Crippen molar-refractivity contribution in [3.05, 3.63) is 188 Å². The predicted octanol–water partition coefficient (Wildman–Crippen LogP) is 10.0. The lowest BCUT2D eigenvalue weighted by atomic mass is 10.0. The summed E-state index contributed by atoms with van der Waals surface area (Å²) in [5.74, 6) is 0. The molecule has 0 atom stereocenters. The van der Waals surface area contributed by atoms with E-state index in [0.717, 1.165) is 43.9 Å². The van der Waals surface area contributed by atoms with Crippen LogP contribution < -0.4 is 15.9 Å². The van der Waals surface area contributed by atoms with E-state index >= 15 is 0 Å². The van der Waals surface area contributed by atoms with E-state index < -0.39 is 7.14 Å². The zero-order valence-electron chi connectivity index (χ0n) is 26.1. The SMILES string of the molecule is O=P(c1ccccc1)(c1ccccc1)c1ccc(-c2ccc(-n3c4ccccc4n4c5ccccc5c(-c5ccccc5)c34)cc2)cc1. The highest BCUT2D eigenvalue weighted by molar-refractivity contribution is 7.85. The molecule has 0 saturated carbocycles. The molecule has 0 N–H and O–H groups in total. The summed E-state index contributed by atoms with van der Waals surface area (Å²) < 4.78 is 19.6. The highest BCUT2D eigenvalue weighted by Crippen LogP contribution is 2.43. The summed E-state index contributed by atoms with van der Waals surface area (Å²) in [4.78, 5) is 0. The molecule has 7 aromatic carbocycles. The second-order valence-corrected chi connectivity index (χ2v) is 14.9. The van der Waals surface area contributed by atoms with Gasteiger partial charge in [-0.2, -0.15) is 0 Å². The second-order valence-electron chi connectivity index (χ2n) is 12.1. The Morgan fingerprint density at radius 2 is 0.833 bits per heavy atom. The van der Waals surface area contributed by atoms with Crippen molar-refractivity contribution in [2.75, 3.05) is 0 Å². The number of hydrogen-bond donors (Lipinski definition) is 0. The maximum absolute atomic E-state index is 14.8. The number of fused-ring (bicyclic) bond motifs is 5. The number of rotatable bonds is 6. The third kappa shape index (κ3) is 4.40. The molecule has 3 nitrogen and oxygen atoms in total. The number of hydrogen-bond acceptors (Lipinski definition) is 1. The molecule has 9 aromatic rings. The van der Waals surface area contributed by atoms with Crippen molar-refractivity contribution in [3.63, 3.8) is 0 Å². The number of benzene rings is 7. The fourth-order valence-corrected chi connectivity index (χ4v) is 9.83. The summed E-state index contributed by atoms with van der Waals surface area (Å²) in [6.07, 6.45) is 0. The Labute approximate surface area is 279 Å². The van der Waals surface area contributed by atoms with Crippen molar-refractivity contribution in [3.8, 4) is 27.9 Å². The average molecular weight is 635 g/mol. The average Bonchev–Trinajstić information content (AvgIpc) is 3.68. The smallest absolute Gasteiger partial charge is 0.171 e. The summed E-state index contributed by atoms with van der Waals surface area (Å²) >= 11 is 0. The van der Waals surface area contributed by atoms with Crippen molar-refractivity contribution < 1.29 is 4.57 Å². The van der Waals surface area contributed by atoms with E-state index in [2.05, 4.69) is 124 Å². The first kappa shape index (κ1) is 28.3. The van der Waals surface area contributed by atoms with Gasteiger partial charge >= 0.3 is 0 Å². The molecular weight excluding hydrogens is 603 g/mol. The van der Waals surface area contributed by atoms with Crippen LogP contribution >= 0.6 is 7.14 Å². The third-order valence-corrected chi connectivity index (χ3v) is 12.5. The Morgan fingerprint density at radius 1 is 0.375 bits per heavy atom. The first-order valence-corrected chi connectivity index (χ1v) is 17.9. The quantitative estimate of drug-likeness (QED) is 0.167. The van der Waals surface area contributed by atoms with Gasteiger partial charge in [0.05, 0.1) is 16.6 Å². The normalized spacial score (nSPS) is 11.8. The van der Waals surface area contributed by atoms with Gasteiger partial charge in [-0.1, -0.05) is 158 Å². The molecular formula is C44H31N2OP. The summed E-state index contributed by atoms with van der Waals surface area (Å²) in [7, 11) is -3.02. The maximum Gasteiger partial charge on any atom is 0.171 e. The molecule has 0 aliphatic carbocycles. The topological polar surface area (TPSA) is 26.4 Å². The Hall–Kier alpha value is -5.89. The summed E-state index contributed by atoms with van der Waals surface area (Å²) in [5, 5.41) is 3.74. The number of imidazole rings is 1. The van der Waals surface area contributed by atoms with E-state index in [9.17, 15) is 4.57 Å². The Balaban J connectivity index is 1.16. The van der Waals surface area contributed by atoms with Crippen LogP contribution in [0.4, 0.5) is 0 Å². The summed E-state index contributed by atoms with van der Waals surface area (Å²) in [6.45, 7) is 0. The molecule has 2 heterocycles. The minimum atomic E-state index is -3.02. The number of para-hydroxylation sites is 3. The molecule has 228 valence electrons. The fraction of sp³-hybridized carbons (Fsp3) is 0. The van der Waals surface area contributed by atoms with Crippen LogP contribution in [0, 0.1) is 0 Å². The molecule has 4 heteroatoms. The van der Waals surface area contributed by atoms with E-state index in [1.54, 1.807) is 0 Å². The van der Waals surface area contributed by atoms with Gasteiger partial charge in [-0.05, 0) is 47.0 Å². The predicted molar refractivity (Wildman–Crippen MR) is 202 cm³/mol. The number of nitrogens with zero attached hydrogens (tertiary/aromatic N) is 2. The van der Waals surface area contributed by atoms with Crippen LogP contribution in [0.2, 0.25) is 0 Å². The van der Waals surface area contributed by atoms with Gasteiger partial charge in [0.1, 0.15) is 5.65 Å². The maximum atomic E-state index is 14.8. The summed E-state index contributed by atoms with van der Waals surface area (Å²) in [6, 6.07) is 64.7. The Kier molecular flexibility index (Phi) is 6.74.